The number of anilines is 1. The van der Waals surface area contributed by atoms with Crippen molar-refractivity contribution in [3.63, 3.8) is 0 Å². The molecule has 0 aliphatic carbocycles. The highest BCUT2D eigenvalue weighted by molar-refractivity contribution is 7.92. The molecule has 0 fully saturated rings. The van der Waals surface area contributed by atoms with Gasteiger partial charge in [-0.2, -0.15) is 5.10 Å². The molecule has 3 aromatic rings. The maximum absolute atomic E-state index is 12.3. The predicted octanol–water partition coefficient (Wildman–Crippen LogP) is 2.03. The highest BCUT2D eigenvalue weighted by Gasteiger charge is 2.10. The number of hydrogen-bond donors (Lipinski definition) is 2. The van der Waals surface area contributed by atoms with Gasteiger partial charge in [-0.05, 0) is 43.3 Å². The predicted molar refractivity (Wildman–Crippen MR) is 95.9 cm³/mol. The normalized spacial score (nSPS) is 11.4. The Morgan fingerprint density at radius 2 is 1.92 bits per heavy atom. The van der Waals surface area contributed by atoms with Gasteiger partial charge >= 0.3 is 0 Å². The number of rotatable bonds is 6. The summed E-state index contributed by atoms with van der Waals surface area (Å²) in [6, 6.07) is 12.0. The van der Waals surface area contributed by atoms with Gasteiger partial charge in [-0.15, -0.1) is 0 Å². The summed E-state index contributed by atoms with van der Waals surface area (Å²) in [7, 11) is -3.33. The molecule has 0 saturated heterocycles. The van der Waals surface area contributed by atoms with Gasteiger partial charge in [0.15, 0.2) is 0 Å². The van der Waals surface area contributed by atoms with E-state index in [1.54, 1.807) is 41.9 Å². The number of benzene rings is 1. The van der Waals surface area contributed by atoms with Crippen LogP contribution in [0.25, 0.3) is 5.52 Å². The largest absolute Gasteiger partial charge is 0.348 e. The second-order valence-corrected chi connectivity index (χ2v) is 7.48. The molecule has 0 unspecified atom stereocenters. The van der Waals surface area contributed by atoms with Crippen molar-refractivity contribution < 1.29 is 13.2 Å². The zero-order chi connectivity index (χ0) is 17.9. The van der Waals surface area contributed by atoms with Crippen LogP contribution in [0.15, 0.2) is 54.9 Å². The lowest BCUT2D eigenvalue weighted by molar-refractivity contribution is 0.0951. The number of nitrogens with one attached hydrogen (secondary N) is 2. The third kappa shape index (κ3) is 3.97. The van der Waals surface area contributed by atoms with Gasteiger partial charge in [-0.1, -0.05) is 6.07 Å². The fourth-order valence-corrected chi connectivity index (χ4v) is 2.98. The first-order valence-electron chi connectivity index (χ1n) is 7.78. The van der Waals surface area contributed by atoms with Crippen LogP contribution in [0.2, 0.25) is 0 Å². The Hall–Kier alpha value is -2.87. The molecule has 0 aliphatic rings. The molecule has 130 valence electrons. The van der Waals surface area contributed by atoms with Gasteiger partial charge in [0.1, 0.15) is 0 Å². The van der Waals surface area contributed by atoms with E-state index in [1.807, 2.05) is 24.4 Å². The van der Waals surface area contributed by atoms with E-state index in [0.717, 1.165) is 11.1 Å². The number of aromatic nitrogens is 2. The molecule has 0 aliphatic heterocycles. The van der Waals surface area contributed by atoms with Crippen molar-refractivity contribution in [2.45, 2.75) is 13.5 Å². The van der Waals surface area contributed by atoms with Crippen molar-refractivity contribution in [3.8, 4) is 0 Å². The maximum Gasteiger partial charge on any atom is 0.251 e. The summed E-state index contributed by atoms with van der Waals surface area (Å²) in [5.74, 6) is -0.241. The van der Waals surface area contributed by atoms with Crippen LogP contribution in [-0.4, -0.2) is 29.7 Å². The Labute approximate surface area is 145 Å². The van der Waals surface area contributed by atoms with E-state index in [-0.39, 0.29) is 11.7 Å². The highest BCUT2D eigenvalue weighted by atomic mass is 32.2. The molecule has 0 bridgehead atoms. The topological polar surface area (TPSA) is 92.6 Å². The van der Waals surface area contributed by atoms with E-state index in [4.69, 9.17) is 0 Å². The lowest BCUT2D eigenvalue weighted by Gasteiger charge is -2.08. The average Bonchev–Trinajstić information content (AvgIpc) is 3.03. The number of sulfonamides is 1. The van der Waals surface area contributed by atoms with Crippen LogP contribution in [0.1, 0.15) is 22.8 Å². The smallest absolute Gasteiger partial charge is 0.251 e. The summed E-state index contributed by atoms with van der Waals surface area (Å²) in [4.78, 5) is 12.3. The van der Waals surface area contributed by atoms with Gasteiger partial charge in [0.05, 0.1) is 17.5 Å². The average molecular weight is 358 g/mol. The Kier molecular flexibility index (Phi) is 4.71. The van der Waals surface area contributed by atoms with Crippen molar-refractivity contribution in [2.24, 2.45) is 0 Å². The fraction of sp³-hybridized carbons (Fsp3) is 0.176. The molecule has 1 amide bonds. The van der Waals surface area contributed by atoms with Gasteiger partial charge < -0.3 is 5.32 Å². The number of hydrogen-bond acceptors (Lipinski definition) is 4. The standard InChI is InChI=1S/C17H18N4O3S/c1-2-25(23,24)20-15-8-6-13(7-9-15)17(22)18-11-14-12-19-21-10-4-3-5-16(14)21/h3-10,12,20H,2,11H2,1H3,(H,18,22). The Balaban J connectivity index is 1.65. The van der Waals surface area contributed by atoms with E-state index in [1.165, 1.54) is 0 Å². The van der Waals surface area contributed by atoms with Gasteiger partial charge in [0.2, 0.25) is 10.0 Å². The minimum atomic E-state index is -3.33. The van der Waals surface area contributed by atoms with E-state index >= 15 is 0 Å². The van der Waals surface area contributed by atoms with Crippen molar-refractivity contribution in [1.29, 1.82) is 0 Å². The van der Waals surface area contributed by atoms with E-state index in [9.17, 15) is 13.2 Å². The van der Waals surface area contributed by atoms with E-state index in [2.05, 4.69) is 15.1 Å². The summed E-state index contributed by atoms with van der Waals surface area (Å²) in [5, 5.41) is 7.06. The molecule has 0 saturated carbocycles. The van der Waals surface area contributed by atoms with Crippen LogP contribution < -0.4 is 10.0 Å². The first-order valence-corrected chi connectivity index (χ1v) is 9.44. The van der Waals surface area contributed by atoms with E-state index in [0.29, 0.717) is 17.8 Å². The van der Waals surface area contributed by atoms with Gasteiger partial charge in [-0.25, -0.2) is 12.9 Å². The van der Waals surface area contributed by atoms with Gasteiger partial charge in [0.25, 0.3) is 5.91 Å². The quantitative estimate of drug-likeness (QED) is 0.705. The minimum Gasteiger partial charge on any atom is -0.348 e. The van der Waals surface area contributed by atoms with Crippen LogP contribution in [0.4, 0.5) is 5.69 Å². The van der Waals surface area contributed by atoms with Crippen LogP contribution in [-0.2, 0) is 16.6 Å². The second kappa shape index (κ2) is 6.94. The second-order valence-electron chi connectivity index (χ2n) is 5.47. The fourth-order valence-electron chi connectivity index (χ4n) is 2.34. The number of fused-ring (bicyclic) bond motifs is 1. The van der Waals surface area contributed by atoms with Gasteiger partial charge in [0, 0.05) is 29.6 Å². The van der Waals surface area contributed by atoms with Crippen molar-refractivity contribution in [1.82, 2.24) is 14.9 Å². The number of amides is 1. The van der Waals surface area contributed by atoms with Gasteiger partial charge in [-0.3, -0.25) is 9.52 Å². The lowest BCUT2D eigenvalue weighted by Crippen LogP contribution is -2.22. The lowest BCUT2D eigenvalue weighted by atomic mass is 10.2. The third-order valence-corrected chi connectivity index (χ3v) is 5.05. The Bertz CT molecular complexity index is 994. The third-order valence-electron chi connectivity index (χ3n) is 3.75. The molecule has 7 nitrogen and oxygen atoms in total. The van der Waals surface area contributed by atoms with E-state index < -0.39 is 10.0 Å². The van der Waals surface area contributed by atoms with Crippen molar-refractivity contribution in [3.05, 3.63) is 66.0 Å². The van der Waals surface area contributed by atoms with Crippen molar-refractivity contribution >= 4 is 27.1 Å². The Morgan fingerprint density at radius 1 is 1.16 bits per heavy atom. The Morgan fingerprint density at radius 3 is 2.64 bits per heavy atom. The maximum atomic E-state index is 12.3. The summed E-state index contributed by atoms with van der Waals surface area (Å²) in [6.45, 7) is 1.92. The van der Waals surface area contributed by atoms with Crippen LogP contribution >= 0.6 is 0 Å². The first-order chi connectivity index (χ1) is 12.0. The molecule has 2 N–H and O–H groups in total. The summed E-state index contributed by atoms with van der Waals surface area (Å²) < 4.78 is 27.2. The zero-order valence-corrected chi connectivity index (χ0v) is 14.5. The molecule has 1 aromatic carbocycles. The molecule has 3 rings (SSSR count). The number of carbonyl (C=O) groups is 1. The molecule has 0 radical (unpaired) electrons. The molecule has 2 aromatic heterocycles. The SMILES string of the molecule is CCS(=O)(=O)Nc1ccc(C(=O)NCc2cnn3ccccc23)cc1. The molecular formula is C17H18N4O3S. The minimum absolute atomic E-state index is 0.00507. The monoisotopic (exact) mass is 358 g/mol. The number of pyridine rings is 1. The molecule has 2 heterocycles. The van der Waals surface area contributed by atoms with Crippen LogP contribution in [0, 0.1) is 0 Å². The molecule has 0 spiro atoms. The summed E-state index contributed by atoms with van der Waals surface area (Å²) in [6.07, 6.45) is 3.56. The first kappa shape index (κ1) is 17.0. The zero-order valence-electron chi connectivity index (χ0n) is 13.6. The summed E-state index contributed by atoms with van der Waals surface area (Å²) in [5.41, 5.74) is 2.74. The number of nitrogens with zero attached hydrogens (tertiary/aromatic N) is 2. The molecule has 0 atom stereocenters. The highest BCUT2D eigenvalue weighted by Crippen LogP contribution is 2.13. The number of carbonyl (C=O) groups excluding carboxylic acids is 1. The van der Waals surface area contributed by atoms with Crippen LogP contribution in [0.5, 0.6) is 0 Å². The van der Waals surface area contributed by atoms with Crippen molar-refractivity contribution in [2.75, 3.05) is 10.5 Å². The molecule has 25 heavy (non-hydrogen) atoms. The molecular weight excluding hydrogens is 340 g/mol. The summed E-state index contributed by atoms with van der Waals surface area (Å²) >= 11 is 0. The molecule has 8 heteroatoms. The van der Waals surface area contributed by atoms with Crippen LogP contribution in [0.3, 0.4) is 0 Å².